The van der Waals surface area contributed by atoms with Gasteiger partial charge in [-0.2, -0.15) is 0 Å². The van der Waals surface area contributed by atoms with E-state index < -0.39 is 29.3 Å². The number of aromatic nitrogens is 3. The van der Waals surface area contributed by atoms with Gasteiger partial charge in [0.05, 0.1) is 13.3 Å². The van der Waals surface area contributed by atoms with Gasteiger partial charge in [0.1, 0.15) is 11.7 Å². The van der Waals surface area contributed by atoms with Gasteiger partial charge >= 0.3 is 0 Å². The highest BCUT2D eigenvalue weighted by molar-refractivity contribution is 5.78. The molecular formula is C15H18F2N4O2. The Labute approximate surface area is 132 Å². The summed E-state index contributed by atoms with van der Waals surface area (Å²) in [5.74, 6) is -2.52. The molecule has 2 N–H and O–H groups in total. The number of hydrogen-bond acceptors (Lipinski definition) is 4. The van der Waals surface area contributed by atoms with Crippen LogP contribution in [-0.4, -0.2) is 28.0 Å². The van der Waals surface area contributed by atoms with Crippen molar-refractivity contribution in [2.75, 3.05) is 7.11 Å². The zero-order chi connectivity index (χ0) is 17.1. The number of ether oxygens (including phenoxy) is 1. The molecule has 0 unspecified atom stereocenters. The zero-order valence-corrected chi connectivity index (χ0v) is 13.1. The monoisotopic (exact) mass is 324 g/mol. The minimum Gasteiger partial charge on any atom is -0.491 e. The second-order valence-electron chi connectivity index (χ2n) is 5.57. The van der Waals surface area contributed by atoms with Crippen LogP contribution in [0.3, 0.4) is 0 Å². The van der Waals surface area contributed by atoms with Crippen LogP contribution in [0.4, 0.5) is 8.78 Å². The topological polar surface area (TPSA) is 83.0 Å². The molecule has 1 heterocycles. The average Bonchev–Trinajstić information content (AvgIpc) is 2.94. The highest BCUT2D eigenvalue weighted by atomic mass is 19.1. The molecule has 23 heavy (non-hydrogen) atoms. The van der Waals surface area contributed by atoms with Crippen molar-refractivity contribution < 1.29 is 18.3 Å². The predicted molar refractivity (Wildman–Crippen MR) is 79.6 cm³/mol. The lowest BCUT2D eigenvalue weighted by molar-refractivity contribution is -0.121. The highest BCUT2D eigenvalue weighted by Gasteiger charge is 2.23. The molecule has 0 spiro atoms. The van der Waals surface area contributed by atoms with Crippen molar-refractivity contribution in [2.45, 2.75) is 26.3 Å². The summed E-state index contributed by atoms with van der Waals surface area (Å²) in [4.78, 5) is 11.6. The Morgan fingerprint density at radius 2 is 2.09 bits per heavy atom. The van der Waals surface area contributed by atoms with E-state index in [0.29, 0.717) is 6.42 Å². The van der Waals surface area contributed by atoms with Crippen LogP contribution in [0, 0.1) is 17.6 Å². The van der Waals surface area contributed by atoms with Gasteiger partial charge in [-0.1, -0.05) is 19.1 Å². The summed E-state index contributed by atoms with van der Waals surface area (Å²) in [7, 11) is 1.17. The molecule has 0 aliphatic carbocycles. The molecule has 0 aliphatic heterocycles. The van der Waals surface area contributed by atoms with Gasteiger partial charge in [0, 0.05) is 5.56 Å². The number of benzene rings is 1. The molecule has 2 rings (SSSR count). The Kier molecular flexibility index (Phi) is 4.92. The first-order valence-corrected chi connectivity index (χ1v) is 7.08. The van der Waals surface area contributed by atoms with Crippen LogP contribution >= 0.6 is 0 Å². The van der Waals surface area contributed by atoms with E-state index in [2.05, 4.69) is 10.3 Å². The summed E-state index contributed by atoms with van der Waals surface area (Å²) >= 11 is 0. The normalized spacial score (nSPS) is 12.4. The summed E-state index contributed by atoms with van der Waals surface area (Å²) in [5, 5.41) is 7.70. The van der Waals surface area contributed by atoms with E-state index in [1.807, 2.05) is 13.8 Å². The number of halogens is 2. The number of methoxy groups -OCH3 is 1. The van der Waals surface area contributed by atoms with Gasteiger partial charge < -0.3 is 10.5 Å². The first kappa shape index (κ1) is 16.9. The van der Waals surface area contributed by atoms with E-state index >= 15 is 0 Å². The van der Waals surface area contributed by atoms with Crippen LogP contribution in [-0.2, 0) is 4.79 Å². The Hall–Kier alpha value is -2.51. The second kappa shape index (κ2) is 6.72. The highest BCUT2D eigenvalue weighted by Crippen LogP contribution is 2.30. The van der Waals surface area contributed by atoms with Crippen molar-refractivity contribution in [1.29, 1.82) is 0 Å². The number of nitrogens with zero attached hydrogens (tertiary/aromatic N) is 3. The standard InChI is InChI=1S/C15H18F2N4O2/c1-8(2)6-12(15(18)22)21-7-11(19-20-21)9-4-5-10(16)14(23-3)13(9)17/h4-5,7-8,12H,6H2,1-3H3,(H2,18,22)/t12-/m0/s1. The number of nitrogens with two attached hydrogens (primary N) is 1. The van der Waals surface area contributed by atoms with Crippen molar-refractivity contribution in [3.63, 3.8) is 0 Å². The molecule has 124 valence electrons. The quantitative estimate of drug-likeness (QED) is 0.884. The van der Waals surface area contributed by atoms with Crippen LogP contribution in [0.15, 0.2) is 18.3 Å². The molecular weight excluding hydrogens is 306 g/mol. The summed E-state index contributed by atoms with van der Waals surface area (Å²) in [6, 6.07) is 1.64. The van der Waals surface area contributed by atoms with Gasteiger partial charge in [-0.05, 0) is 24.5 Å². The van der Waals surface area contributed by atoms with Gasteiger partial charge in [-0.15, -0.1) is 5.10 Å². The van der Waals surface area contributed by atoms with E-state index in [9.17, 15) is 13.6 Å². The number of amides is 1. The molecule has 0 radical (unpaired) electrons. The van der Waals surface area contributed by atoms with Crippen molar-refractivity contribution in [3.05, 3.63) is 30.0 Å². The van der Waals surface area contributed by atoms with Crippen molar-refractivity contribution in [2.24, 2.45) is 11.7 Å². The third-order valence-corrected chi connectivity index (χ3v) is 3.38. The Bertz CT molecular complexity index is 715. The molecule has 2 aromatic rings. The van der Waals surface area contributed by atoms with Gasteiger partial charge in [-0.3, -0.25) is 4.79 Å². The predicted octanol–water partition coefficient (Wildman–Crippen LogP) is 2.30. The van der Waals surface area contributed by atoms with E-state index in [1.165, 1.54) is 24.1 Å². The Balaban J connectivity index is 2.41. The lowest BCUT2D eigenvalue weighted by Gasteiger charge is -2.15. The SMILES string of the molecule is COc1c(F)ccc(-c2cn([C@@H](CC(C)C)C(N)=O)nn2)c1F. The summed E-state index contributed by atoms with van der Waals surface area (Å²) in [6.45, 7) is 3.89. The van der Waals surface area contributed by atoms with Crippen LogP contribution in [0.2, 0.25) is 0 Å². The summed E-state index contributed by atoms with van der Waals surface area (Å²) in [5.41, 5.74) is 5.58. The molecule has 1 aromatic carbocycles. The van der Waals surface area contributed by atoms with Crippen LogP contribution in [0.5, 0.6) is 5.75 Å². The molecule has 1 amide bonds. The summed E-state index contributed by atoms with van der Waals surface area (Å²) in [6.07, 6.45) is 1.89. The van der Waals surface area contributed by atoms with Crippen molar-refractivity contribution in [1.82, 2.24) is 15.0 Å². The fourth-order valence-electron chi connectivity index (χ4n) is 2.27. The van der Waals surface area contributed by atoms with Crippen LogP contribution in [0.1, 0.15) is 26.3 Å². The first-order chi connectivity index (χ1) is 10.8. The maximum absolute atomic E-state index is 14.3. The minimum absolute atomic E-state index is 0.0299. The molecule has 8 heteroatoms. The first-order valence-electron chi connectivity index (χ1n) is 7.08. The molecule has 0 aliphatic rings. The lowest BCUT2D eigenvalue weighted by atomic mass is 10.0. The summed E-state index contributed by atoms with van der Waals surface area (Å²) < 4.78 is 33.7. The van der Waals surface area contributed by atoms with E-state index in [-0.39, 0.29) is 17.2 Å². The molecule has 0 saturated carbocycles. The molecule has 0 saturated heterocycles. The second-order valence-corrected chi connectivity index (χ2v) is 5.57. The Morgan fingerprint density at radius 3 is 2.65 bits per heavy atom. The zero-order valence-electron chi connectivity index (χ0n) is 13.1. The lowest BCUT2D eigenvalue weighted by Crippen LogP contribution is -2.28. The van der Waals surface area contributed by atoms with Gasteiger partial charge in [-0.25, -0.2) is 13.5 Å². The molecule has 0 bridgehead atoms. The molecule has 1 atom stereocenters. The number of hydrogen-bond donors (Lipinski definition) is 1. The number of carbonyl (C=O) groups excluding carboxylic acids is 1. The van der Waals surface area contributed by atoms with Crippen molar-refractivity contribution in [3.8, 4) is 17.0 Å². The van der Waals surface area contributed by atoms with E-state index in [0.717, 1.165) is 6.07 Å². The minimum atomic E-state index is -0.876. The van der Waals surface area contributed by atoms with Gasteiger partial charge in [0.2, 0.25) is 5.91 Å². The van der Waals surface area contributed by atoms with Gasteiger partial charge in [0.15, 0.2) is 17.4 Å². The maximum atomic E-state index is 14.3. The average molecular weight is 324 g/mol. The third kappa shape index (κ3) is 3.46. The van der Waals surface area contributed by atoms with Crippen molar-refractivity contribution >= 4 is 5.91 Å². The molecule has 1 aromatic heterocycles. The Morgan fingerprint density at radius 1 is 1.39 bits per heavy atom. The van der Waals surface area contributed by atoms with E-state index in [4.69, 9.17) is 10.5 Å². The molecule has 6 nitrogen and oxygen atoms in total. The number of primary amides is 1. The number of rotatable bonds is 6. The van der Waals surface area contributed by atoms with Gasteiger partial charge in [0.25, 0.3) is 0 Å². The largest absolute Gasteiger partial charge is 0.491 e. The fourth-order valence-corrected chi connectivity index (χ4v) is 2.27. The van der Waals surface area contributed by atoms with Crippen LogP contribution in [0.25, 0.3) is 11.3 Å². The smallest absolute Gasteiger partial charge is 0.242 e. The van der Waals surface area contributed by atoms with Crippen LogP contribution < -0.4 is 10.5 Å². The molecule has 0 fully saturated rings. The fraction of sp³-hybridized carbons (Fsp3) is 0.400. The maximum Gasteiger partial charge on any atom is 0.242 e. The van der Waals surface area contributed by atoms with E-state index in [1.54, 1.807) is 0 Å². The third-order valence-electron chi connectivity index (χ3n) is 3.38. The number of carbonyl (C=O) groups is 1.